The molecule has 0 aromatic heterocycles. The van der Waals surface area contributed by atoms with E-state index in [-0.39, 0.29) is 10.8 Å². The van der Waals surface area contributed by atoms with E-state index < -0.39 is 10.0 Å². The Balaban J connectivity index is 1.89. The highest BCUT2D eigenvalue weighted by atomic mass is 32.2. The number of amides is 1. The molecule has 1 heterocycles. The van der Waals surface area contributed by atoms with E-state index >= 15 is 0 Å². The standard InChI is InChI=1S/C19H31N3O3S/c1-3-21(4-2)14-8-13-20-19(23)17-9-11-18(12-10-17)26(24,25)22-15-6-5-7-16-22/h9-12H,3-8,13-16H2,1-2H3,(H,20,23). The summed E-state index contributed by atoms with van der Waals surface area (Å²) in [5.41, 5.74) is 0.491. The van der Waals surface area contributed by atoms with Crippen LogP contribution in [0.4, 0.5) is 0 Å². The molecule has 0 bridgehead atoms. The second-order valence-electron chi connectivity index (χ2n) is 6.63. The van der Waals surface area contributed by atoms with Crippen molar-refractivity contribution in [2.45, 2.75) is 44.4 Å². The lowest BCUT2D eigenvalue weighted by Crippen LogP contribution is -2.35. The normalized spacial score (nSPS) is 16.0. The molecule has 1 aromatic carbocycles. The first-order valence-electron chi connectivity index (χ1n) is 9.59. The Bertz CT molecular complexity index is 664. The van der Waals surface area contributed by atoms with Crippen molar-refractivity contribution < 1.29 is 13.2 Å². The molecule has 26 heavy (non-hydrogen) atoms. The van der Waals surface area contributed by atoms with Crippen LogP contribution in [0.2, 0.25) is 0 Å². The summed E-state index contributed by atoms with van der Waals surface area (Å²) in [7, 11) is -3.44. The smallest absolute Gasteiger partial charge is 0.251 e. The number of nitrogens with one attached hydrogen (secondary N) is 1. The van der Waals surface area contributed by atoms with Gasteiger partial charge in [0, 0.05) is 25.2 Å². The fraction of sp³-hybridized carbons (Fsp3) is 0.632. The summed E-state index contributed by atoms with van der Waals surface area (Å²) in [5.74, 6) is -0.161. The van der Waals surface area contributed by atoms with Gasteiger partial charge in [-0.15, -0.1) is 0 Å². The molecular formula is C19H31N3O3S. The number of hydrogen-bond acceptors (Lipinski definition) is 4. The maximum absolute atomic E-state index is 12.6. The Morgan fingerprint density at radius 2 is 1.69 bits per heavy atom. The van der Waals surface area contributed by atoms with Crippen molar-refractivity contribution in [1.29, 1.82) is 0 Å². The zero-order chi connectivity index (χ0) is 19.0. The second kappa shape index (κ2) is 10.0. The van der Waals surface area contributed by atoms with Crippen LogP contribution in [0.5, 0.6) is 0 Å². The van der Waals surface area contributed by atoms with Crippen molar-refractivity contribution in [3.63, 3.8) is 0 Å². The highest BCUT2D eigenvalue weighted by Crippen LogP contribution is 2.20. The number of sulfonamides is 1. The van der Waals surface area contributed by atoms with Crippen LogP contribution >= 0.6 is 0 Å². The zero-order valence-corrected chi connectivity index (χ0v) is 16.7. The topological polar surface area (TPSA) is 69.7 Å². The molecule has 0 unspecified atom stereocenters. The first-order valence-corrected chi connectivity index (χ1v) is 11.0. The number of piperidine rings is 1. The molecule has 0 radical (unpaired) electrons. The van der Waals surface area contributed by atoms with Crippen molar-refractivity contribution in [3.05, 3.63) is 29.8 Å². The lowest BCUT2D eigenvalue weighted by molar-refractivity contribution is 0.0951. The van der Waals surface area contributed by atoms with Gasteiger partial charge < -0.3 is 10.2 Å². The van der Waals surface area contributed by atoms with Gasteiger partial charge in [0.25, 0.3) is 5.91 Å². The van der Waals surface area contributed by atoms with Gasteiger partial charge in [0.1, 0.15) is 0 Å². The van der Waals surface area contributed by atoms with Crippen molar-refractivity contribution in [1.82, 2.24) is 14.5 Å². The Labute approximate surface area is 157 Å². The predicted molar refractivity (Wildman–Crippen MR) is 104 cm³/mol. The third-order valence-electron chi connectivity index (χ3n) is 4.90. The highest BCUT2D eigenvalue weighted by Gasteiger charge is 2.25. The fourth-order valence-corrected chi connectivity index (χ4v) is 4.70. The molecule has 1 amide bonds. The van der Waals surface area contributed by atoms with Crippen molar-refractivity contribution >= 4 is 15.9 Å². The van der Waals surface area contributed by atoms with E-state index in [0.29, 0.717) is 25.2 Å². The van der Waals surface area contributed by atoms with Gasteiger partial charge in [-0.2, -0.15) is 4.31 Å². The number of carbonyl (C=O) groups excluding carboxylic acids is 1. The summed E-state index contributed by atoms with van der Waals surface area (Å²) in [4.78, 5) is 14.8. The average molecular weight is 382 g/mol. The summed E-state index contributed by atoms with van der Waals surface area (Å²) in [6.45, 7) is 9.01. The monoisotopic (exact) mass is 381 g/mol. The predicted octanol–water partition coefficient (Wildman–Crippen LogP) is 2.32. The molecule has 0 atom stereocenters. The van der Waals surface area contributed by atoms with E-state index in [1.54, 1.807) is 16.4 Å². The lowest BCUT2D eigenvalue weighted by Gasteiger charge is -2.25. The van der Waals surface area contributed by atoms with Crippen LogP contribution in [0.3, 0.4) is 0 Å². The minimum atomic E-state index is -3.44. The van der Waals surface area contributed by atoms with Crippen molar-refractivity contribution in [2.24, 2.45) is 0 Å². The maximum Gasteiger partial charge on any atom is 0.251 e. The van der Waals surface area contributed by atoms with E-state index in [2.05, 4.69) is 24.1 Å². The van der Waals surface area contributed by atoms with Crippen molar-refractivity contribution in [3.8, 4) is 0 Å². The van der Waals surface area contributed by atoms with E-state index in [0.717, 1.165) is 45.3 Å². The first-order chi connectivity index (χ1) is 12.5. The minimum absolute atomic E-state index is 0.161. The van der Waals surface area contributed by atoms with Crippen LogP contribution in [-0.4, -0.2) is 62.8 Å². The summed E-state index contributed by atoms with van der Waals surface area (Å²) < 4.78 is 26.8. The molecule has 1 fully saturated rings. The molecule has 0 spiro atoms. The Hall–Kier alpha value is -1.44. The summed E-state index contributed by atoms with van der Waals surface area (Å²) in [6, 6.07) is 6.26. The number of benzene rings is 1. The molecular weight excluding hydrogens is 350 g/mol. The average Bonchev–Trinajstić information content (AvgIpc) is 2.68. The van der Waals surface area contributed by atoms with Crippen molar-refractivity contribution in [2.75, 3.05) is 39.3 Å². The molecule has 0 aliphatic carbocycles. The molecule has 1 saturated heterocycles. The fourth-order valence-electron chi connectivity index (χ4n) is 3.18. The van der Waals surface area contributed by atoms with Gasteiger partial charge in [-0.25, -0.2) is 8.42 Å². The summed E-state index contributed by atoms with van der Waals surface area (Å²) in [6.07, 6.45) is 3.80. The molecule has 6 nitrogen and oxygen atoms in total. The Kier molecular flexibility index (Phi) is 8.06. The van der Waals surface area contributed by atoms with Gasteiger partial charge >= 0.3 is 0 Å². The maximum atomic E-state index is 12.6. The third-order valence-corrected chi connectivity index (χ3v) is 6.81. The minimum Gasteiger partial charge on any atom is -0.352 e. The van der Waals surface area contributed by atoms with E-state index in [9.17, 15) is 13.2 Å². The van der Waals surface area contributed by atoms with Gasteiger partial charge in [-0.3, -0.25) is 4.79 Å². The van der Waals surface area contributed by atoms with E-state index in [1.807, 2.05) is 0 Å². The number of carbonyl (C=O) groups is 1. The van der Waals surface area contributed by atoms with Gasteiger partial charge in [-0.1, -0.05) is 20.3 Å². The Morgan fingerprint density at radius 1 is 1.08 bits per heavy atom. The van der Waals surface area contributed by atoms with Crippen LogP contribution in [-0.2, 0) is 10.0 Å². The van der Waals surface area contributed by atoms with Crippen LogP contribution in [0.1, 0.15) is 49.9 Å². The number of hydrogen-bond donors (Lipinski definition) is 1. The SMILES string of the molecule is CCN(CC)CCCNC(=O)c1ccc(S(=O)(=O)N2CCCCC2)cc1. The largest absolute Gasteiger partial charge is 0.352 e. The van der Waals surface area contributed by atoms with E-state index in [1.165, 1.54) is 12.1 Å². The molecule has 146 valence electrons. The highest BCUT2D eigenvalue weighted by molar-refractivity contribution is 7.89. The molecule has 0 saturated carbocycles. The molecule has 1 aromatic rings. The third kappa shape index (κ3) is 5.53. The lowest BCUT2D eigenvalue weighted by atomic mass is 10.2. The number of rotatable bonds is 9. The first kappa shape index (κ1) is 20.9. The van der Waals surface area contributed by atoms with E-state index in [4.69, 9.17) is 0 Å². The molecule has 7 heteroatoms. The quantitative estimate of drug-likeness (QED) is 0.667. The Morgan fingerprint density at radius 3 is 2.27 bits per heavy atom. The van der Waals surface area contributed by atoms with Gasteiger partial charge in [0.15, 0.2) is 0 Å². The molecule has 2 rings (SSSR count). The van der Waals surface area contributed by atoms with Crippen LogP contribution in [0, 0.1) is 0 Å². The molecule has 1 aliphatic rings. The van der Waals surface area contributed by atoms with Gasteiger partial charge in [0.05, 0.1) is 4.90 Å². The molecule has 1 aliphatic heterocycles. The summed E-state index contributed by atoms with van der Waals surface area (Å²) >= 11 is 0. The van der Waals surface area contributed by atoms with Gasteiger partial charge in [-0.05, 0) is 63.2 Å². The summed E-state index contributed by atoms with van der Waals surface area (Å²) in [5, 5.41) is 2.90. The van der Waals surface area contributed by atoms with Crippen LogP contribution in [0.15, 0.2) is 29.2 Å². The van der Waals surface area contributed by atoms with Gasteiger partial charge in [0.2, 0.25) is 10.0 Å². The van der Waals surface area contributed by atoms with Crippen LogP contribution in [0.25, 0.3) is 0 Å². The number of nitrogens with zero attached hydrogens (tertiary/aromatic N) is 2. The van der Waals surface area contributed by atoms with Crippen LogP contribution < -0.4 is 5.32 Å². The second-order valence-corrected chi connectivity index (χ2v) is 8.56. The zero-order valence-electron chi connectivity index (χ0n) is 15.9. The molecule has 1 N–H and O–H groups in total.